The molecule has 0 bridgehead atoms. The van der Waals surface area contributed by atoms with Crippen LogP contribution in [0.15, 0.2) is 24.3 Å². The lowest BCUT2D eigenvalue weighted by molar-refractivity contribution is 0.0696. The summed E-state index contributed by atoms with van der Waals surface area (Å²) in [6.45, 7) is 0. The normalized spacial score (nSPS) is 10.1. The van der Waals surface area contributed by atoms with E-state index in [2.05, 4.69) is 31.9 Å². The van der Waals surface area contributed by atoms with Gasteiger partial charge in [0, 0.05) is 0 Å². The number of hydrogen-bond acceptors (Lipinski definition) is 2. The number of carboxylic acids is 1. The van der Waals surface area contributed by atoms with Crippen molar-refractivity contribution in [2.75, 3.05) is 0 Å². The maximum Gasteiger partial charge on any atom is 0.335 e. The molecule has 1 rings (SSSR count). The van der Waals surface area contributed by atoms with E-state index in [1.54, 1.807) is 12.1 Å². The van der Waals surface area contributed by atoms with E-state index in [9.17, 15) is 4.79 Å². The molecule has 1 N–H and O–H groups in total. The van der Waals surface area contributed by atoms with Crippen molar-refractivity contribution in [3.63, 3.8) is 0 Å². The summed E-state index contributed by atoms with van der Waals surface area (Å²) in [4.78, 5) is 10.6. The maximum atomic E-state index is 10.6. The molecule has 0 heterocycles. The Morgan fingerprint density at radius 3 is 2.69 bits per heavy atom. The van der Waals surface area contributed by atoms with Gasteiger partial charge in [-0.15, -0.1) is 0 Å². The van der Waals surface area contributed by atoms with E-state index < -0.39 is 5.97 Å². The Kier molecular flexibility index (Phi) is 3.74. The fourth-order valence-corrected chi connectivity index (χ4v) is 1.24. The van der Waals surface area contributed by atoms with E-state index in [1.807, 2.05) is 0 Å². The minimum Gasteiger partial charge on any atom is -0.478 e. The lowest BCUT2D eigenvalue weighted by atomic mass is 10.2. The molecule has 0 unspecified atom stereocenters. The average molecular weight is 310 g/mol. The molecule has 5 heteroatoms. The molecule has 3 nitrogen and oxygen atoms in total. The van der Waals surface area contributed by atoms with Crippen LogP contribution in [0.3, 0.4) is 0 Å². The molecular weight excluding hydrogens is 304 g/mol. The first-order valence-corrected chi connectivity index (χ1v) is 5.21. The van der Waals surface area contributed by atoms with E-state index in [-0.39, 0.29) is 9.49 Å². The minimum absolute atomic E-state index is 0.207. The molecule has 0 aromatic heterocycles. The molecule has 0 aliphatic heterocycles. The van der Waals surface area contributed by atoms with Gasteiger partial charge in [-0.25, -0.2) is 4.79 Å². The highest BCUT2D eigenvalue weighted by Gasteiger charge is 2.05. The molecule has 0 radical (unpaired) electrons. The van der Waals surface area contributed by atoms with Gasteiger partial charge in [-0.2, -0.15) is 0 Å². The van der Waals surface area contributed by atoms with Crippen LogP contribution in [-0.4, -0.2) is 15.0 Å². The molecule has 0 aliphatic rings. The minimum atomic E-state index is -0.967. The summed E-state index contributed by atoms with van der Waals surface area (Å²) >= 11 is 6.24. The van der Waals surface area contributed by atoms with Crippen LogP contribution in [0.1, 0.15) is 10.4 Å². The third kappa shape index (κ3) is 3.36. The molecular formula is C8H6Br2O3. The van der Waals surface area contributed by atoms with Crippen LogP contribution < -0.4 is 4.74 Å². The number of alkyl halides is 2. The van der Waals surface area contributed by atoms with Crippen molar-refractivity contribution >= 4 is 37.8 Å². The molecule has 70 valence electrons. The van der Waals surface area contributed by atoms with E-state index in [0.29, 0.717) is 5.75 Å². The molecule has 0 fully saturated rings. The van der Waals surface area contributed by atoms with Crippen molar-refractivity contribution in [2.45, 2.75) is 3.92 Å². The summed E-state index contributed by atoms with van der Waals surface area (Å²) in [7, 11) is 0. The Balaban J connectivity index is 2.85. The Bertz CT molecular complexity index is 312. The molecule has 0 spiro atoms. The molecule has 0 saturated carbocycles. The summed E-state index contributed by atoms with van der Waals surface area (Å²) in [5.41, 5.74) is 0.207. The zero-order chi connectivity index (χ0) is 9.84. The molecule has 0 atom stereocenters. The van der Waals surface area contributed by atoms with Gasteiger partial charge in [0.15, 0.2) is 0 Å². The topological polar surface area (TPSA) is 46.5 Å². The molecule has 1 aromatic rings. The van der Waals surface area contributed by atoms with Crippen molar-refractivity contribution in [3.05, 3.63) is 29.8 Å². The summed E-state index contributed by atoms with van der Waals surface area (Å²) < 4.78 is 4.86. The lowest BCUT2D eigenvalue weighted by Crippen LogP contribution is -2.00. The Labute approximate surface area is 92.0 Å². The second-order valence-electron chi connectivity index (χ2n) is 2.21. The van der Waals surface area contributed by atoms with Gasteiger partial charge >= 0.3 is 5.97 Å². The SMILES string of the molecule is O=C(O)c1cccc(OC(Br)Br)c1. The van der Waals surface area contributed by atoms with Gasteiger partial charge in [0.25, 0.3) is 0 Å². The molecule has 1 aromatic carbocycles. The van der Waals surface area contributed by atoms with Crippen molar-refractivity contribution in [2.24, 2.45) is 0 Å². The van der Waals surface area contributed by atoms with E-state index >= 15 is 0 Å². The van der Waals surface area contributed by atoms with Crippen LogP contribution in [-0.2, 0) is 0 Å². The van der Waals surface area contributed by atoms with Crippen molar-refractivity contribution in [1.82, 2.24) is 0 Å². The summed E-state index contributed by atoms with van der Waals surface area (Å²) in [5.74, 6) is -0.468. The first-order valence-electron chi connectivity index (χ1n) is 3.38. The predicted molar refractivity (Wildman–Crippen MR) is 55.7 cm³/mol. The summed E-state index contributed by atoms with van der Waals surface area (Å²) in [6.07, 6.45) is 0. The van der Waals surface area contributed by atoms with Gasteiger partial charge in [-0.05, 0) is 50.1 Å². The van der Waals surface area contributed by atoms with Gasteiger partial charge in [0.2, 0.25) is 3.92 Å². The standard InChI is InChI=1S/C8H6Br2O3/c9-8(10)13-6-3-1-2-5(4-6)7(11)12/h1-4,8H,(H,11,12). The van der Waals surface area contributed by atoms with E-state index in [4.69, 9.17) is 9.84 Å². The number of hydrogen-bond donors (Lipinski definition) is 1. The van der Waals surface area contributed by atoms with Crippen LogP contribution in [0.25, 0.3) is 0 Å². The number of halogens is 2. The maximum absolute atomic E-state index is 10.6. The number of carboxylic acid groups (broad SMARTS) is 1. The third-order valence-electron chi connectivity index (χ3n) is 1.31. The number of carbonyl (C=O) groups is 1. The number of ether oxygens (including phenoxy) is 1. The van der Waals surface area contributed by atoms with E-state index in [1.165, 1.54) is 12.1 Å². The second-order valence-corrected chi connectivity index (χ2v) is 5.10. The third-order valence-corrected chi connectivity index (χ3v) is 1.68. The number of aromatic carboxylic acids is 1. The van der Waals surface area contributed by atoms with Gasteiger partial charge in [0.05, 0.1) is 5.56 Å². The largest absolute Gasteiger partial charge is 0.478 e. The second kappa shape index (κ2) is 4.62. The Morgan fingerprint density at radius 1 is 1.46 bits per heavy atom. The molecule has 13 heavy (non-hydrogen) atoms. The zero-order valence-electron chi connectivity index (χ0n) is 6.41. The molecule has 0 aliphatic carbocycles. The van der Waals surface area contributed by atoms with Crippen LogP contribution in [0.5, 0.6) is 5.75 Å². The molecule has 0 amide bonds. The fourth-order valence-electron chi connectivity index (χ4n) is 0.805. The smallest absolute Gasteiger partial charge is 0.335 e. The van der Waals surface area contributed by atoms with Crippen LogP contribution in [0, 0.1) is 0 Å². The first-order chi connectivity index (χ1) is 6.09. The molecule has 0 saturated heterocycles. The Morgan fingerprint density at radius 2 is 2.15 bits per heavy atom. The fraction of sp³-hybridized carbons (Fsp3) is 0.125. The van der Waals surface area contributed by atoms with Gasteiger partial charge in [0.1, 0.15) is 5.75 Å². The van der Waals surface area contributed by atoms with Crippen molar-refractivity contribution in [1.29, 1.82) is 0 Å². The summed E-state index contributed by atoms with van der Waals surface area (Å²) in [6, 6.07) is 6.27. The van der Waals surface area contributed by atoms with Crippen molar-refractivity contribution < 1.29 is 14.6 Å². The first kappa shape index (κ1) is 10.5. The lowest BCUT2D eigenvalue weighted by Gasteiger charge is -2.06. The van der Waals surface area contributed by atoms with Crippen LogP contribution in [0.4, 0.5) is 0 Å². The number of rotatable bonds is 3. The van der Waals surface area contributed by atoms with Crippen LogP contribution in [0.2, 0.25) is 0 Å². The van der Waals surface area contributed by atoms with Gasteiger partial charge < -0.3 is 9.84 Å². The number of benzene rings is 1. The average Bonchev–Trinajstić information content (AvgIpc) is 2.03. The van der Waals surface area contributed by atoms with Gasteiger partial charge in [-0.1, -0.05) is 6.07 Å². The highest BCUT2D eigenvalue weighted by Crippen LogP contribution is 2.19. The summed E-state index contributed by atoms with van der Waals surface area (Å²) in [5, 5.41) is 8.66. The van der Waals surface area contributed by atoms with Gasteiger partial charge in [-0.3, -0.25) is 0 Å². The van der Waals surface area contributed by atoms with E-state index in [0.717, 1.165) is 0 Å². The highest BCUT2D eigenvalue weighted by molar-refractivity contribution is 9.24. The van der Waals surface area contributed by atoms with Crippen LogP contribution >= 0.6 is 31.9 Å². The highest BCUT2D eigenvalue weighted by atomic mass is 79.9. The predicted octanol–water partition coefficient (Wildman–Crippen LogP) is 2.84. The Hall–Kier alpha value is -0.550. The monoisotopic (exact) mass is 308 g/mol. The quantitative estimate of drug-likeness (QED) is 0.873. The van der Waals surface area contributed by atoms with Crippen molar-refractivity contribution in [3.8, 4) is 5.75 Å². The zero-order valence-corrected chi connectivity index (χ0v) is 9.58.